The fourth-order valence-corrected chi connectivity index (χ4v) is 4.48. The van der Waals surface area contributed by atoms with Crippen molar-refractivity contribution >= 4 is 56.5 Å². The smallest absolute Gasteiger partial charge is 0.244 e. The Morgan fingerprint density at radius 1 is 1.00 bits per heavy atom. The Bertz CT molecular complexity index is 1220. The number of carbonyl (C=O) groups is 3. The van der Waals surface area contributed by atoms with Crippen molar-refractivity contribution in [3.8, 4) is 0 Å². The van der Waals surface area contributed by atoms with Gasteiger partial charge in [0.25, 0.3) is 0 Å². The molecule has 190 valence electrons. The van der Waals surface area contributed by atoms with Crippen molar-refractivity contribution in [2.45, 2.75) is 46.3 Å². The van der Waals surface area contributed by atoms with Crippen LogP contribution in [0.5, 0.6) is 0 Å². The molecule has 0 heterocycles. The van der Waals surface area contributed by atoms with Crippen molar-refractivity contribution in [2.24, 2.45) is 0 Å². The molecule has 1 N–H and O–H groups in total. The number of amides is 2. The summed E-state index contributed by atoms with van der Waals surface area (Å²) in [5.74, 6) is -1.24. The largest absolute Gasteiger partial charge is 0.352 e. The van der Waals surface area contributed by atoms with Gasteiger partial charge < -0.3 is 10.2 Å². The van der Waals surface area contributed by atoms with Gasteiger partial charge >= 0.3 is 0 Å². The van der Waals surface area contributed by atoms with Crippen LogP contribution < -0.4 is 9.62 Å². The van der Waals surface area contributed by atoms with E-state index in [0.717, 1.165) is 10.6 Å². The number of anilines is 1. The number of carbonyl (C=O) groups excluding carboxylic acids is 3. The summed E-state index contributed by atoms with van der Waals surface area (Å²) in [6.07, 6.45) is 0.971. The van der Waals surface area contributed by atoms with Gasteiger partial charge in [-0.15, -0.1) is 0 Å². The Labute approximate surface area is 216 Å². The molecule has 2 amide bonds. The number of nitrogens with zero attached hydrogens (tertiary/aromatic N) is 2. The summed E-state index contributed by atoms with van der Waals surface area (Å²) < 4.78 is 26.2. The van der Waals surface area contributed by atoms with Crippen LogP contribution in [-0.2, 0) is 26.2 Å². The Kier molecular flexibility index (Phi) is 9.71. The number of benzene rings is 2. The van der Waals surface area contributed by atoms with Gasteiger partial charge in [0.05, 0.1) is 22.0 Å². The van der Waals surface area contributed by atoms with Crippen LogP contribution in [0.15, 0.2) is 42.5 Å². The van der Waals surface area contributed by atoms with Gasteiger partial charge in [-0.1, -0.05) is 41.4 Å². The lowest BCUT2D eigenvalue weighted by Gasteiger charge is -2.32. The summed E-state index contributed by atoms with van der Waals surface area (Å²) in [5.41, 5.74) is 1.09. The highest BCUT2D eigenvalue weighted by Crippen LogP contribution is 2.25. The average molecular weight is 542 g/mol. The van der Waals surface area contributed by atoms with Crippen LogP contribution in [0.25, 0.3) is 0 Å². The Morgan fingerprint density at radius 2 is 1.66 bits per heavy atom. The normalized spacial score (nSPS) is 12.2. The standard InChI is InChI=1S/C24H29Cl2N3O5S/c1-15(2)27-24(32)16(3)28(13-18-9-10-21(25)22(26)11-18)23(31)14-29(35(5,33)34)20-8-6-7-19(12-20)17(4)30/h6-12,15-16H,13-14H2,1-5H3,(H,27,32)/t16-/m1/s1. The Balaban J connectivity index is 2.45. The first-order valence-electron chi connectivity index (χ1n) is 10.8. The van der Waals surface area contributed by atoms with Crippen molar-refractivity contribution in [3.63, 3.8) is 0 Å². The SMILES string of the molecule is CC(=O)c1cccc(N(CC(=O)N(Cc2ccc(Cl)c(Cl)c2)[C@H](C)C(=O)NC(C)C)S(C)(=O)=O)c1. The minimum atomic E-state index is -3.90. The maximum Gasteiger partial charge on any atom is 0.244 e. The zero-order chi connectivity index (χ0) is 26.5. The van der Waals surface area contributed by atoms with E-state index in [9.17, 15) is 22.8 Å². The van der Waals surface area contributed by atoms with Crippen LogP contribution in [0.1, 0.15) is 43.6 Å². The molecular weight excluding hydrogens is 513 g/mol. The van der Waals surface area contributed by atoms with Gasteiger partial charge in [-0.3, -0.25) is 18.7 Å². The molecule has 0 bridgehead atoms. The lowest BCUT2D eigenvalue weighted by atomic mass is 10.1. The molecule has 1 atom stereocenters. The second kappa shape index (κ2) is 11.9. The number of Topliss-reactive ketones (excluding diaryl/α,β-unsaturated/α-hetero) is 1. The molecule has 0 fully saturated rings. The topological polar surface area (TPSA) is 104 Å². The highest BCUT2D eigenvalue weighted by molar-refractivity contribution is 7.92. The second-order valence-corrected chi connectivity index (χ2v) is 11.2. The number of hydrogen-bond acceptors (Lipinski definition) is 5. The van der Waals surface area contributed by atoms with Crippen molar-refractivity contribution in [1.82, 2.24) is 10.2 Å². The highest BCUT2D eigenvalue weighted by Gasteiger charge is 2.30. The third kappa shape index (κ3) is 7.95. The van der Waals surface area contributed by atoms with Gasteiger partial charge in [0.15, 0.2) is 5.78 Å². The monoisotopic (exact) mass is 541 g/mol. The minimum Gasteiger partial charge on any atom is -0.352 e. The molecular formula is C24H29Cl2N3O5S. The van der Waals surface area contributed by atoms with Crippen LogP contribution in [0.2, 0.25) is 10.0 Å². The molecule has 0 unspecified atom stereocenters. The van der Waals surface area contributed by atoms with Crippen LogP contribution in [-0.4, -0.2) is 55.8 Å². The predicted octanol–water partition coefficient (Wildman–Crippen LogP) is 3.90. The van der Waals surface area contributed by atoms with Gasteiger partial charge in [-0.05, 0) is 57.5 Å². The molecule has 35 heavy (non-hydrogen) atoms. The second-order valence-electron chi connectivity index (χ2n) is 8.49. The zero-order valence-electron chi connectivity index (χ0n) is 20.2. The molecule has 0 aromatic heterocycles. The predicted molar refractivity (Wildman–Crippen MR) is 138 cm³/mol. The molecule has 2 rings (SSSR count). The Hall–Kier alpha value is -2.62. The molecule has 11 heteroatoms. The first-order chi connectivity index (χ1) is 16.2. The van der Waals surface area contributed by atoms with Crippen LogP contribution in [0.3, 0.4) is 0 Å². The lowest BCUT2D eigenvalue weighted by molar-refractivity contribution is -0.139. The number of nitrogens with one attached hydrogen (secondary N) is 1. The number of halogens is 2. The maximum absolute atomic E-state index is 13.5. The summed E-state index contributed by atoms with van der Waals surface area (Å²) in [6, 6.07) is 9.78. The minimum absolute atomic E-state index is 0.00646. The fraction of sp³-hybridized carbons (Fsp3) is 0.375. The summed E-state index contributed by atoms with van der Waals surface area (Å²) in [5, 5.41) is 3.40. The molecule has 0 aliphatic carbocycles. The molecule has 0 saturated heterocycles. The van der Waals surface area contributed by atoms with E-state index in [1.807, 2.05) is 0 Å². The highest BCUT2D eigenvalue weighted by atomic mass is 35.5. The van der Waals surface area contributed by atoms with E-state index < -0.39 is 34.4 Å². The molecule has 8 nitrogen and oxygen atoms in total. The van der Waals surface area contributed by atoms with Gasteiger partial charge in [0, 0.05) is 18.2 Å². The average Bonchev–Trinajstić information content (AvgIpc) is 2.76. The fourth-order valence-electron chi connectivity index (χ4n) is 3.32. The molecule has 0 radical (unpaired) electrons. The van der Waals surface area contributed by atoms with E-state index >= 15 is 0 Å². The number of ketones is 1. The van der Waals surface area contributed by atoms with E-state index in [2.05, 4.69) is 5.32 Å². The quantitative estimate of drug-likeness (QED) is 0.459. The van der Waals surface area contributed by atoms with E-state index in [-0.39, 0.29) is 29.1 Å². The molecule has 0 aliphatic rings. The summed E-state index contributed by atoms with van der Waals surface area (Å²) >= 11 is 12.1. The summed E-state index contributed by atoms with van der Waals surface area (Å²) in [6.45, 7) is 5.94. The number of hydrogen-bond donors (Lipinski definition) is 1. The molecule has 2 aromatic carbocycles. The summed E-state index contributed by atoms with van der Waals surface area (Å²) in [7, 11) is -3.90. The summed E-state index contributed by atoms with van der Waals surface area (Å²) in [4.78, 5) is 39.3. The third-order valence-corrected chi connectivity index (χ3v) is 7.03. The molecule has 0 aliphatic heterocycles. The molecule has 0 spiro atoms. The van der Waals surface area contributed by atoms with E-state index in [1.54, 1.807) is 51.1 Å². The van der Waals surface area contributed by atoms with Crippen molar-refractivity contribution < 1.29 is 22.8 Å². The third-order valence-electron chi connectivity index (χ3n) is 5.16. The van der Waals surface area contributed by atoms with Gasteiger partial charge in [-0.2, -0.15) is 0 Å². The van der Waals surface area contributed by atoms with Crippen molar-refractivity contribution in [1.29, 1.82) is 0 Å². The van der Waals surface area contributed by atoms with E-state index in [0.29, 0.717) is 16.1 Å². The van der Waals surface area contributed by atoms with Gasteiger partial charge in [-0.25, -0.2) is 8.42 Å². The molecule has 0 saturated carbocycles. The van der Waals surface area contributed by atoms with Crippen molar-refractivity contribution in [2.75, 3.05) is 17.1 Å². The first-order valence-corrected chi connectivity index (χ1v) is 13.4. The van der Waals surface area contributed by atoms with E-state index in [4.69, 9.17) is 23.2 Å². The van der Waals surface area contributed by atoms with Crippen molar-refractivity contribution in [3.05, 3.63) is 63.6 Å². The first kappa shape index (κ1) is 28.6. The van der Waals surface area contributed by atoms with Crippen LogP contribution >= 0.6 is 23.2 Å². The number of rotatable bonds is 10. The van der Waals surface area contributed by atoms with Gasteiger partial charge in [0.1, 0.15) is 12.6 Å². The zero-order valence-corrected chi connectivity index (χ0v) is 22.5. The maximum atomic E-state index is 13.5. The number of sulfonamides is 1. The van der Waals surface area contributed by atoms with Crippen LogP contribution in [0.4, 0.5) is 5.69 Å². The van der Waals surface area contributed by atoms with Crippen LogP contribution in [0, 0.1) is 0 Å². The lowest BCUT2D eigenvalue weighted by Crippen LogP contribution is -2.52. The van der Waals surface area contributed by atoms with Gasteiger partial charge in [0.2, 0.25) is 21.8 Å². The molecule has 2 aromatic rings. The Morgan fingerprint density at radius 3 is 2.20 bits per heavy atom. The van der Waals surface area contributed by atoms with E-state index in [1.165, 1.54) is 24.0 Å².